The highest BCUT2D eigenvalue weighted by molar-refractivity contribution is 5.97. The van der Waals surface area contributed by atoms with Gasteiger partial charge in [0, 0.05) is 13.1 Å². The number of phenols is 1. The van der Waals surface area contributed by atoms with E-state index in [1.807, 2.05) is 17.9 Å². The fourth-order valence-electron chi connectivity index (χ4n) is 2.51. The fraction of sp³-hybridized carbons (Fsp3) is 0.533. The smallest absolute Gasteiger partial charge is 0.257 e. The summed E-state index contributed by atoms with van der Waals surface area (Å²) in [5.41, 5.74) is 1.38. The van der Waals surface area contributed by atoms with Crippen LogP contribution in [0.4, 0.5) is 0 Å². The summed E-state index contributed by atoms with van der Waals surface area (Å²) in [7, 11) is 0. The number of likely N-dealkylation sites (tertiary alicyclic amines) is 1. The zero-order chi connectivity index (χ0) is 13.3. The van der Waals surface area contributed by atoms with E-state index in [1.54, 1.807) is 12.1 Å². The van der Waals surface area contributed by atoms with Crippen molar-refractivity contribution < 1.29 is 9.90 Å². The molecule has 0 radical (unpaired) electrons. The van der Waals surface area contributed by atoms with Crippen LogP contribution >= 0.6 is 0 Å². The number of benzene rings is 1. The Balaban J connectivity index is 2.13. The summed E-state index contributed by atoms with van der Waals surface area (Å²) < 4.78 is 0. The molecule has 1 unspecified atom stereocenters. The predicted molar refractivity (Wildman–Crippen MR) is 71.7 cm³/mol. The Morgan fingerprint density at radius 1 is 1.44 bits per heavy atom. The molecule has 0 saturated carbocycles. The molecular weight excluding hydrogens is 226 g/mol. The van der Waals surface area contributed by atoms with Gasteiger partial charge in [0.15, 0.2) is 0 Å². The molecule has 1 N–H and O–H groups in total. The number of phenolic OH excluding ortho intramolecular Hbond substituents is 1. The second-order valence-corrected chi connectivity index (χ2v) is 5.56. The van der Waals surface area contributed by atoms with Crippen LogP contribution < -0.4 is 0 Å². The lowest BCUT2D eigenvalue weighted by Crippen LogP contribution is -2.29. The van der Waals surface area contributed by atoms with Gasteiger partial charge in [0.25, 0.3) is 5.91 Å². The van der Waals surface area contributed by atoms with Crippen LogP contribution in [0.1, 0.15) is 36.2 Å². The van der Waals surface area contributed by atoms with Crippen molar-refractivity contribution in [3.63, 3.8) is 0 Å². The molecule has 3 heteroatoms. The van der Waals surface area contributed by atoms with Crippen LogP contribution in [-0.4, -0.2) is 29.0 Å². The molecular formula is C15H21NO2. The predicted octanol–water partition coefficient (Wildman–Crippen LogP) is 2.82. The van der Waals surface area contributed by atoms with Gasteiger partial charge in [-0.3, -0.25) is 4.79 Å². The molecule has 98 valence electrons. The molecule has 1 fully saturated rings. The minimum Gasteiger partial charge on any atom is -0.507 e. The number of nitrogens with zero attached hydrogens (tertiary/aromatic N) is 1. The average Bonchev–Trinajstić information content (AvgIpc) is 2.77. The van der Waals surface area contributed by atoms with E-state index in [0.29, 0.717) is 17.4 Å². The Hall–Kier alpha value is -1.51. The number of rotatable bonds is 2. The van der Waals surface area contributed by atoms with E-state index in [-0.39, 0.29) is 11.7 Å². The van der Waals surface area contributed by atoms with Crippen LogP contribution in [0.25, 0.3) is 0 Å². The molecule has 3 nitrogen and oxygen atoms in total. The second-order valence-electron chi connectivity index (χ2n) is 5.56. The molecule has 0 aliphatic carbocycles. The monoisotopic (exact) mass is 247 g/mol. The van der Waals surface area contributed by atoms with Gasteiger partial charge >= 0.3 is 0 Å². The average molecular weight is 247 g/mol. The van der Waals surface area contributed by atoms with Gasteiger partial charge in [0.05, 0.1) is 5.56 Å². The summed E-state index contributed by atoms with van der Waals surface area (Å²) in [6.45, 7) is 7.90. The molecule has 2 rings (SSSR count). The van der Waals surface area contributed by atoms with Crippen molar-refractivity contribution >= 4 is 5.91 Å². The molecule has 1 aromatic carbocycles. The van der Waals surface area contributed by atoms with Crippen LogP contribution in [0.2, 0.25) is 0 Å². The number of carbonyl (C=O) groups excluding carboxylic acids is 1. The number of hydrogen-bond acceptors (Lipinski definition) is 2. The van der Waals surface area contributed by atoms with E-state index in [4.69, 9.17) is 0 Å². The zero-order valence-corrected chi connectivity index (χ0v) is 11.3. The van der Waals surface area contributed by atoms with Gasteiger partial charge in [-0.2, -0.15) is 0 Å². The Morgan fingerprint density at radius 3 is 2.72 bits per heavy atom. The molecule has 1 aliphatic heterocycles. The summed E-state index contributed by atoms with van der Waals surface area (Å²) >= 11 is 0. The first-order chi connectivity index (χ1) is 8.49. The van der Waals surface area contributed by atoms with Gasteiger partial charge in [-0.05, 0) is 42.9 Å². The van der Waals surface area contributed by atoms with Crippen LogP contribution in [0.5, 0.6) is 5.75 Å². The highest BCUT2D eigenvalue weighted by Crippen LogP contribution is 2.27. The standard InChI is InChI=1S/C15H21NO2/c1-10(2)12-6-7-16(9-12)15(18)13-5-4-11(3)8-14(13)17/h4-5,8,10,12,17H,6-7,9H2,1-3H3. The van der Waals surface area contributed by atoms with Crippen molar-refractivity contribution in [2.45, 2.75) is 27.2 Å². The lowest BCUT2D eigenvalue weighted by molar-refractivity contribution is 0.0781. The highest BCUT2D eigenvalue weighted by atomic mass is 16.3. The molecule has 1 aromatic rings. The maximum absolute atomic E-state index is 12.3. The van der Waals surface area contributed by atoms with Crippen LogP contribution in [0, 0.1) is 18.8 Å². The Bertz CT molecular complexity index is 454. The number of aryl methyl sites for hydroxylation is 1. The fourth-order valence-corrected chi connectivity index (χ4v) is 2.51. The van der Waals surface area contributed by atoms with E-state index in [2.05, 4.69) is 13.8 Å². The van der Waals surface area contributed by atoms with Gasteiger partial charge in [-0.25, -0.2) is 0 Å². The summed E-state index contributed by atoms with van der Waals surface area (Å²) in [5.74, 6) is 1.24. The zero-order valence-electron chi connectivity index (χ0n) is 11.3. The SMILES string of the molecule is Cc1ccc(C(=O)N2CCC(C(C)C)C2)c(O)c1. The van der Waals surface area contributed by atoms with E-state index < -0.39 is 0 Å². The van der Waals surface area contributed by atoms with Gasteiger partial charge in [-0.15, -0.1) is 0 Å². The maximum atomic E-state index is 12.3. The minimum absolute atomic E-state index is 0.0457. The summed E-state index contributed by atoms with van der Waals surface area (Å²) in [6, 6.07) is 5.22. The first-order valence-electron chi connectivity index (χ1n) is 6.58. The van der Waals surface area contributed by atoms with Crippen molar-refractivity contribution in [2.75, 3.05) is 13.1 Å². The van der Waals surface area contributed by atoms with Crippen LogP contribution in [0.15, 0.2) is 18.2 Å². The van der Waals surface area contributed by atoms with Crippen molar-refractivity contribution in [2.24, 2.45) is 11.8 Å². The Kier molecular flexibility index (Phi) is 3.60. The normalized spacial score (nSPS) is 19.6. The Labute approximate surface area is 108 Å². The van der Waals surface area contributed by atoms with Gasteiger partial charge in [0.1, 0.15) is 5.75 Å². The lowest BCUT2D eigenvalue weighted by Gasteiger charge is -2.18. The summed E-state index contributed by atoms with van der Waals surface area (Å²) in [6.07, 6.45) is 1.07. The van der Waals surface area contributed by atoms with E-state index in [9.17, 15) is 9.90 Å². The maximum Gasteiger partial charge on any atom is 0.257 e. The van der Waals surface area contributed by atoms with Gasteiger partial charge in [-0.1, -0.05) is 19.9 Å². The van der Waals surface area contributed by atoms with Crippen molar-refractivity contribution in [1.82, 2.24) is 4.90 Å². The summed E-state index contributed by atoms with van der Waals surface area (Å²) in [4.78, 5) is 14.2. The van der Waals surface area contributed by atoms with E-state index in [1.165, 1.54) is 0 Å². The largest absolute Gasteiger partial charge is 0.507 e. The number of amides is 1. The number of carbonyl (C=O) groups is 1. The second kappa shape index (κ2) is 5.01. The van der Waals surface area contributed by atoms with Crippen molar-refractivity contribution in [3.05, 3.63) is 29.3 Å². The molecule has 1 aliphatic rings. The van der Waals surface area contributed by atoms with Crippen LogP contribution in [0.3, 0.4) is 0 Å². The molecule has 0 aromatic heterocycles. The molecule has 0 spiro atoms. The molecule has 1 amide bonds. The third-order valence-electron chi connectivity index (χ3n) is 3.84. The Morgan fingerprint density at radius 2 is 2.17 bits per heavy atom. The molecule has 1 atom stereocenters. The lowest BCUT2D eigenvalue weighted by atomic mass is 9.95. The van der Waals surface area contributed by atoms with E-state index >= 15 is 0 Å². The first kappa shape index (κ1) is 12.9. The quantitative estimate of drug-likeness (QED) is 0.873. The third kappa shape index (κ3) is 2.50. The third-order valence-corrected chi connectivity index (χ3v) is 3.84. The molecule has 1 saturated heterocycles. The molecule has 0 bridgehead atoms. The van der Waals surface area contributed by atoms with Gasteiger partial charge in [0.2, 0.25) is 0 Å². The first-order valence-corrected chi connectivity index (χ1v) is 6.58. The van der Waals surface area contributed by atoms with E-state index in [0.717, 1.165) is 25.1 Å². The van der Waals surface area contributed by atoms with Crippen molar-refractivity contribution in [1.29, 1.82) is 0 Å². The van der Waals surface area contributed by atoms with Crippen molar-refractivity contribution in [3.8, 4) is 5.75 Å². The van der Waals surface area contributed by atoms with Crippen LogP contribution in [-0.2, 0) is 0 Å². The molecule has 18 heavy (non-hydrogen) atoms. The topological polar surface area (TPSA) is 40.5 Å². The number of hydrogen-bond donors (Lipinski definition) is 1. The molecule has 1 heterocycles. The summed E-state index contributed by atoms with van der Waals surface area (Å²) in [5, 5.41) is 9.85. The van der Waals surface area contributed by atoms with Gasteiger partial charge < -0.3 is 10.0 Å². The minimum atomic E-state index is -0.0457. The number of aromatic hydroxyl groups is 1. The highest BCUT2D eigenvalue weighted by Gasteiger charge is 2.29.